The van der Waals surface area contributed by atoms with Crippen LogP contribution in [0.3, 0.4) is 0 Å². The van der Waals surface area contributed by atoms with Crippen molar-refractivity contribution in [1.82, 2.24) is 14.7 Å². The molecule has 4 aromatic rings. The number of benzene rings is 1. The molecule has 0 radical (unpaired) electrons. The molecule has 0 saturated carbocycles. The minimum atomic E-state index is -0.251. The Kier molecular flexibility index (Phi) is 3.50. The third-order valence-electron chi connectivity index (χ3n) is 3.92. The molecule has 0 unspecified atom stereocenters. The van der Waals surface area contributed by atoms with Crippen molar-refractivity contribution in [2.45, 2.75) is 13.5 Å². The van der Waals surface area contributed by atoms with E-state index in [1.807, 2.05) is 41.2 Å². The van der Waals surface area contributed by atoms with E-state index in [9.17, 15) is 4.79 Å². The Morgan fingerprint density at radius 1 is 1.46 bits per heavy atom. The predicted molar refractivity (Wildman–Crippen MR) is 91.7 cm³/mol. The molecule has 1 amide bonds. The van der Waals surface area contributed by atoms with Gasteiger partial charge in [-0.25, -0.2) is 4.98 Å². The van der Waals surface area contributed by atoms with E-state index in [1.165, 1.54) is 0 Å². The Hall–Kier alpha value is -2.80. The number of rotatable bonds is 4. The van der Waals surface area contributed by atoms with Crippen molar-refractivity contribution >= 4 is 33.2 Å². The molecule has 0 atom stereocenters. The first kappa shape index (κ1) is 14.8. The molecule has 0 spiro atoms. The van der Waals surface area contributed by atoms with Crippen molar-refractivity contribution in [3.05, 3.63) is 53.0 Å². The molecule has 3 aromatic heterocycles. The van der Waals surface area contributed by atoms with Gasteiger partial charge in [-0.2, -0.15) is 0 Å². The molecule has 4 rings (SSSR count). The maximum atomic E-state index is 12.4. The molecule has 24 heavy (non-hydrogen) atoms. The van der Waals surface area contributed by atoms with Crippen LogP contribution in [0.1, 0.15) is 21.8 Å². The van der Waals surface area contributed by atoms with Crippen molar-refractivity contribution in [2.24, 2.45) is 0 Å². The summed E-state index contributed by atoms with van der Waals surface area (Å²) in [5, 5.41) is 5.71. The van der Waals surface area contributed by atoms with Gasteiger partial charge in [0.15, 0.2) is 10.7 Å². The maximum Gasteiger partial charge on any atom is 0.287 e. The number of nitrogens with zero attached hydrogens (tertiary/aromatic N) is 2. The highest BCUT2D eigenvalue weighted by molar-refractivity contribution is 7.15. The number of hydrogen-bond donors (Lipinski definition) is 1. The highest BCUT2D eigenvalue weighted by Gasteiger charge is 2.18. The van der Waals surface area contributed by atoms with E-state index in [1.54, 1.807) is 24.5 Å². The zero-order chi connectivity index (χ0) is 16.7. The summed E-state index contributed by atoms with van der Waals surface area (Å²) in [4.78, 5) is 17.8. The second-order valence-corrected chi connectivity index (χ2v) is 6.30. The van der Waals surface area contributed by atoms with Gasteiger partial charge in [-0.05, 0) is 25.1 Å². The molecule has 6 nitrogen and oxygen atoms in total. The zero-order valence-electron chi connectivity index (χ0n) is 13.2. The van der Waals surface area contributed by atoms with E-state index in [4.69, 9.17) is 9.15 Å². The second-order valence-electron chi connectivity index (χ2n) is 5.43. The van der Waals surface area contributed by atoms with Crippen LogP contribution in [0.2, 0.25) is 0 Å². The molecule has 0 saturated heterocycles. The molecule has 0 fully saturated rings. The number of methoxy groups -OCH3 is 1. The summed E-state index contributed by atoms with van der Waals surface area (Å²) in [5.41, 5.74) is 2.28. The summed E-state index contributed by atoms with van der Waals surface area (Å²) in [5.74, 6) is 0.801. The number of imidazole rings is 1. The summed E-state index contributed by atoms with van der Waals surface area (Å²) < 4.78 is 12.9. The lowest BCUT2D eigenvalue weighted by molar-refractivity contribution is 0.0924. The molecule has 3 heterocycles. The number of fused-ring (bicyclic) bond motifs is 2. The predicted octanol–water partition coefficient (Wildman–Crippen LogP) is 3.39. The number of amides is 1. The molecule has 122 valence electrons. The monoisotopic (exact) mass is 341 g/mol. The summed E-state index contributed by atoms with van der Waals surface area (Å²) in [6, 6.07) is 5.49. The smallest absolute Gasteiger partial charge is 0.287 e. The van der Waals surface area contributed by atoms with Crippen LogP contribution in [-0.2, 0) is 6.54 Å². The average molecular weight is 341 g/mol. The van der Waals surface area contributed by atoms with E-state index in [-0.39, 0.29) is 5.91 Å². The van der Waals surface area contributed by atoms with Crippen LogP contribution in [-0.4, -0.2) is 22.4 Å². The van der Waals surface area contributed by atoms with Gasteiger partial charge in [-0.1, -0.05) is 0 Å². The Morgan fingerprint density at radius 3 is 3.12 bits per heavy atom. The van der Waals surface area contributed by atoms with Crippen molar-refractivity contribution in [3.63, 3.8) is 0 Å². The number of carbonyl (C=O) groups excluding carboxylic acids is 1. The third-order valence-corrected chi connectivity index (χ3v) is 4.69. The highest BCUT2D eigenvalue weighted by Crippen LogP contribution is 2.28. The lowest BCUT2D eigenvalue weighted by Gasteiger charge is -2.01. The molecule has 0 aliphatic carbocycles. The van der Waals surface area contributed by atoms with Crippen LogP contribution in [0.15, 0.2) is 40.4 Å². The molecule has 1 N–H and O–H groups in total. The summed E-state index contributed by atoms with van der Waals surface area (Å²) in [7, 11) is 1.61. The fourth-order valence-corrected chi connectivity index (χ4v) is 3.37. The molecule has 7 heteroatoms. The summed E-state index contributed by atoms with van der Waals surface area (Å²) in [6.45, 7) is 2.22. The largest absolute Gasteiger partial charge is 0.497 e. The van der Waals surface area contributed by atoms with Gasteiger partial charge in [-0.3, -0.25) is 9.20 Å². The van der Waals surface area contributed by atoms with Crippen molar-refractivity contribution in [2.75, 3.05) is 7.11 Å². The van der Waals surface area contributed by atoms with Gasteiger partial charge in [-0.15, -0.1) is 11.3 Å². The summed E-state index contributed by atoms with van der Waals surface area (Å²) >= 11 is 1.56. The normalized spacial score (nSPS) is 11.2. The number of thiazole rings is 1. The SMILES string of the molecule is COc1ccc2oc(C(=O)NCc3cn4ccsc4n3)c(C)c2c1. The quantitative estimate of drug-likeness (QED) is 0.618. The number of ether oxygens (including phenoxy) is 1. The van der Waals surface area contributed by atoms with Crippen LogP contribution in [0.25, 0.3) is 15.9 Å². The number of hydrogen-bond acceptors (Lipinski definition) is 5. The van der Waals surface area contributed by atoms with Crippen LogP contribution in [0, 0.1) is 6.92 Å². The Bertz CT molecular complexity index is 1020. The lowest BCUT2D eigenvalue weighted by Crippen LogP contribution is -2.23. The van der Waals surface area contributed by atoms with Gasteiger partial charge in [0.25, 0.3) is 5.91 Å². The minimum Gasteiger partial charge on any atom is -0.497 e. The standard InChI is InChI=1S/C17H15N3O3S/c1-10-13-7-12(22-2)3-4-14(13)23-15(10)16(21)18-8-11-9-20-5-6-24-17(20)19-11/h3-7,9H,8H2,1-2H3,(H,18,21). The zero-order valence-corrected chi connectivity index (χ0v) is 14.0. The van der Waals surface area contributed by atoms with E-state index in [2.05, 4.69) is 10.3 Å². The first-order valence-corrected chi connectivity index (χ1v) is 8.30. The van der Waals surface area contributed by atoms with Gasteiger partial charge in [0.1, 0.15) is 11.3 Å². The first-order chi connectivity index (χ1) is 11.7. The molecule has 1 aromatic carbocycles. The van der Waals surface area contributed by atoms with Gasteiger partial charge in [0.05, 0.1) is 19.3 Å². The van der Waals surface area contributed by atoms with Crippen molar-refractivity contribution in [1.29, 1.82) is 0 Å². The Labute approximate surface area is 141 Å². The van der Waals surface area contributed by atoms with Crippen molar-refractivity contribution < 1.29 is 13.9 Å². The minimum absolute atomic E-state index is 0.251. The fraction of sp³-hybridized carbons (Fsp3) is 0.176. The third kappa shape index (κ3) is 2.43. The van der Waals surface area contributed by atoms with Gasteiger partial charge in [0.2, 0.25) is 0 Å². The lowest BCUT2D eigenvalue weighted by atomic mass is 10.1. The number of aryl methyl sites for hydroxylation is 1. The van der Waals surface area contributed by atoms with E-state index < -0.39 is 0 Å². The van der Waals surface area contributed by atoms with Crippen LogP contribution in [0.5, 0.6) is 5.75 Å². The van der Waals surface area contributed by atoms with E-state index >= 15 is 0 Å². The molecular weight excluding hydrogens is 326 g/mol. The topological polar surface area (TPSA) is 68.8 Å². The van der Waals surface area contributed by atoms with Crippen LogP contribution < -0.4 is 10.1 Å². The summed E-state index contributed by atoms with van der Waals surface area (Å²) in [6.07, 6.45) is 3.84. The van der Waals surface area contributed by atoms with Crippen molar-refractivity contribution in [3.8, 4) is 5.75 Å². The highest BCUT2D eigenvalue weighted by atomic mass is 32.1. The van der Waals surface area contributed by atoms with Gasteiger partial charge >= 0.3 is 0 Å². The van der Waals surface area contributed by atoms with Crippen LogP contribution >= 0.6 is 11.3 Å². The molecule has 0 aliphatic rings. The number of aromatic nitrogens is 2. The van der Waals surface area contributed by atoms with Gasteiger partial charge < -0.3 is 14.5 Å². The second kappa shape index (κ2) is 5.68. The van der Waals surface area contributed by atoms with Crippen LogP contribution in [0.4, 0.5) is 0 Å². The Morgan fingerprint density at radius 2 is 2.33 bits per heavy atom. The number of nitrogens with one attached hydrogen (secondary N) is 1. The number of carbonyl (C=O) groups is 1. The van der Waals surface area contributed by atoms with E-state index in [0.717, 1.165) is 27.4 Å². The fourth-order valence-electron chi connectivity index (χ4n) is 2.66. The number of furan rings is 1. The molecular formula is C17H15N3O3S. The maximum absolute atomic E-state index is 12.4. The molecule has 0 bridgehead atoms. The van der Waals surface area contributed by atoms with Gasteiger partial charge in [0, 0.05) is 28.7 Å². The molecule has 0 aliphatic heterocycles. The van der Waals surface area contributed by atoms with E-state index in [0.29, 0.717) is 17.9 Å². The average Bonchev–Trinajstić information content (AvgIpc) is 3.26. The Balaban J connectivity index is 1.56. The first-order valence-electron chi connectivity index (χ1n) is 7.42.